The van der Waals surface area contributed by atoms with Gasteiger partial charge in [0.15, 0.2) is 0 Å². The third-order valence-corrected chi connectivity index (χ3v) is 3.15. The maximum absolute atomic E-state index is 13.1. The lowest BCUT2D eigenvalue weighted by Gasteiger charge is -2.09. The van der Waals surface area contributed by atoms with Crippen molar-refractivity contribution in [1.82, 2.24) is 4.98 Å². The first-order chi connectivity index (χ1) is 9.24. The number of hydrogen-bond donors (Lipinski definition) is 1. The summed E-state index contributed by atoms with van der Waals surface area (Å²) >= 11 is 5.76. The summed E-state index contributed by atoms with van der Waals surface area (Å²) in [4.78, 5) is 4.31. The highest BCUT2D eigenvalue weighted by molar-refractivity contribution is 6.31. The zero-order valence-corrected chi connectivity index (χ0v) is 10.7. The van der Waals surface area contributed by atoms with Crippen LogP contribution in [0.15, 0.2) is 54.7 Å². The van der Waals surface area contributed by atoms with Crippen LogP contribution in [-0.2, 0) is 0 Å². The van der Waals surface area contributed by atoms with Crippen LogP contribution in [0, 0.1) is 5.82 Å². The molecule has 2 nitrogen and oxygen atoms in total. The van der Waals surface area contributed by atoms with E-state index in [2.05, 4.69) is 10.3 Å². The fraction of sp³-hybridized carbons (Fsp3) is 0. The molecule has 0 unspecified atom stereocenters. The molecule has 0 saturated carbocycles. The molecule has 0 spiro atoms. The van der Waals surface area contributed by atoms with Gasteiger partial charge in [-0.1, -0.05) is 35.9 Å². The number of halogens is 2. The molecule has 0 atom stereocenters. The van der Waals surface area contributed by atoms with Crippen LogP contribution in [0.4, 0.5) is 15.9 Å². The van der Waals surface area contributed by atoms with E-state index in [0.717, 1.165) is 16.6 Å². The Kier molecular flexibility index (Phi) is 3.05. The molecule has 0 radical (unpaired) electrons. The van der Waals surface area contributed by atoms with Crippen LogP contribution in [0.25, 0.3) is 10.8 Å². The molecule has 0 saturated heterocycles. The minimum absolute atomic E-state index is 0.0882. The maximum atomic E-state index is 13.1. The van der Waals surface area contributed by atoms with E-state index < -0.39 is 5.82 Å². The SMILES string of the molecule is Fc1ccc(Nc2nccc3ccccc23)cc1Cl. The zero-order valence-electron chi connectivity index (χ0n) is 9.90. The van der Waals surface area contributed by atoms with Gasteiger partial charge in [-0.15, -0.1) is 0 Å². The summed E-state index contributed by atoms with van der Waals surface area (Å²) < 4.78 is 13.1. The third kappa shape index (κ3) is 2.37. The highest BCUT2D eigenvalue weighted by Crippen LogP contribution is 2.26. The fourth-order valence-corrected chi connectivity index (χ4v) is 2.11. The van der Waals surface area contributed by atoms with Gasteiger partial charge in [-0.3, -0.25) is 0 Å². The number of pyridine rings is 1. The summed E-state index contributed by atoms with van der Waals surface area (Å²) in [6.45, 7) is 0. The molecule has 3 rings (SSSR count). The van der Waals surface area contributed by atoms with E-state index in [-0.39, 0.29) is 5.02 Å². The summed E-state index contributed by atoms with van der Waals surface area (Å²) in [7, 11) is 0. The van der Waals surface area contributed by atoms with Crippen LogP contribution < -0.4 is 5.32 Å². The second-order valence-electron chi connectivity index (χ2n) is 4.13. The molecule has 0 amide bonds. The van der Waals surface area contributed by atoms with Crippen molar-refractivity contribution in [3.8, 4) is 0 Å². The molecule has 3 aromatic rings. The van der Waals surface area contributed by atoms with Gasteiger partial charge in [0, 0.05) is 17.3 Å². The van der Waals surface area contributed by atoms with Crippen LogP contribution >= 0.6 is 11.6 Å². The van der Waals surface area contributed by atoms with E-state index in [9.17, 15) is 4.39 Å². The van der Waals surface area contributed by atoms with Gasteiger partial charge in [-0.05, 0) is 29.7 Å². The summed E-state index contributed by atoms with van der Waals surface area (Å²) in [5, 5.41) is 5.34. The van der Waals surface area contributed by atoms with Gasteiger partial charge in [0.2, 0.25) is 0 Å². The molecule has 19 heavy (non-hydrogen) atoms. The molecule has 0 bridgehead atoms. The number of aromatic nitrogens is 1. The van der Waals surface area contributed by atoms with Crippen LogP contribution in [0.5, 0.6) is 0 Å². The van der Waals surface area contributed by atoms with Crippen molar-refractivity contribution in [3.63, 3.8) is 0 Å². The van der Waals surface area contributed by atoms with Crippen LogP contribution in [0.1, 0.15) is 0 Å². The highest BCUT2D eigenvalue weighted by Gasteiger charge is 2.04. The third-order valence-electron chi connectivity index (χ3n) is 2.86. The minimum atomic E-state index is -0.432. The average molecular weight is 273 g/mol. The summed E-state index contributed by atoms with van der Waals surface area (Å²) in [6, 6.07) is 14.4. The lowest BCUT2D eigenvalue weighted by atomic mass is 10.1. The second kappa shape index (κ2) is 4.86. The largest absolute Gasteiger partial charge is 0.340 e. The van der Waals surface area contributed by atoms with Gasteiger partial charge in [-0.25, -0.2) is 9.37 Å². The molecule has 4 heteroatoms. The quantitative estimate of drug-likeness (QED) is 0.727. The molecule has 0 aliphatic rings. The van der Waals surface area contributed by atoms with Gasteiger partial charge < -0.3 is 5.32 Å². The number of fused-ring (bicyclic) bond motifs is 1. The van der Waals surface area contributed by atoms with Crippen molar-refractivity contribution in [2.75, 3.05) is 5.32 Å². The Morgan fingerprint density at radius 1 is 1.05 bits per heavy atom. The van der Waals surface area contributed by atoms with E-state index in [1.807, 2.05) is 30.3 Å². The van der Waals surface area contributed by atoms with Gasteiger partial charge in [-0.2, -0.15) is 0 Å². The number of benzene rings is 2. The van der Waals surface area contributed by atoms with Gasteiger partial charge in [0.05, 0.1) is 5.02 Å². The Bertz CT molecular complexity index is 738. The van der Waals surface area contributed by atoms with Crippen molar-refractivity contribution in [3.05, 3.63) is 65.6 Å². The maximum Gasteiger partial charge on any atom is 0.141 e. The predicted molar refractivity (Wildman–Crippen MR) is 76.4 cm³/mol. The van der Waals surface area contributed by atoms with Crippen LogP contribution in [-0.4, -0.2) is 4.98 Å². The van der Waals surface area contributed by atoms with E-state index in [1.54, 1.807) is 18.3 Å². The molecule has 0 aliphatic heterocycles. The van der Waals surface area contributed by atoms with E-state index in [1.165, 1.54) is 6.07 Å². The molecular weight excluding hydrogens is 263 g/mol. The molecule has 1 heterocycles. The van der Waals surface area contributed by atoms with E-state index in [0.29, 0.717) is 5.69 Å². The molecule has 0 fully saturated rings. The monoisotopic (exact) mass is 272 g/mol. The van der Waals surface area contributed by atoms with Gasteiger partial charge in [0.25, 0.3) is 0 Å². The fourth-order valence-electron chi connectivity index (χ4n) is 1.93. The Balaban J connectivity index is 2.03. The highest BCUT2D eigenvalue weighted by atomic mass is 35.5. The summed E-state index contributed by atoms with van der Waals surface area (Å²) in [5.41, 5.74) is 0.704. The number of nitrogens with zero attached hydrogens (tertiary/aromatic N) is 1. The topological polar surface area (TPSA) is 24.9 Å². The van der Waals surface area contributed by atoms with Crippen molar-refractivity contribution in [2.45, 2.75) is 0 Å². The minimum Gasteiger partial charge on any atom is -0.340 e. The first-order valence-electron chi connectivity index (χ1n) is 5.80. The van der Waals surface area contributed by atoms with Crippen molar-refractivity contribution in [1.29, 1.82) is 0 Å². The molecule has 0 aliphatic carbocycles. The lowest BCUT2D eigenvalue weighted by Crippen LogP contribution is -1.94. The first-order valence-corrected chi connectivity index (χ1v) is 6.18. The number of anilines is 2. The van der Waals surface area contributed by atoms with Crippen LogP contribution in [0.2, 0.25) is 5.02 Å². The first kappa shape index (κ1) is 11.9. The Morgan fingerprint density at radius 2 is 1.89 bits per heavy atom. The number of nitrogens with one attached hydrogen (secondary N) is 1. The van der Waals surface area contributed by atoms with Gasteiger partial charge in [0.1, 0.15) is 11.6 Å². The van der Waals surface area contributed by atoms with Crippen LogP contribution in [0.3, 0.4) is 0 Å². The molecule has 2 aromatic carbocycles. The zero-order chi connectivity index (χ0) is 13.2. The molecular formula is C15H10ClFN2. The second-order valence-corrected chi connectivity index (χ2v) is 4.54. The number of rotatable bonds is 2. The van der Waals surface area contributed by atoms with E-state index in [4.69, 9.17) is 11.6 Å². The van der Waals surface area contributed by atoms with Crippen molar-refractivity contribution >= 4 is 33.9 Å². The summed E-state index contributed by atoms with van der Waals surface area (Å²) in [6.07, 6.45) is 1.73. The average Bonchev–Trinajstić information content (AvgIpc) is 2.43. The number of hydrogen-bond acceptors (Lipinski definition) is 2. The molecule has 94 valence electrons. The molecule has 1 aromatic heterocycles. The predicted octanol–water partition coefficient (Wildman–Crippen LogP) is 4.77. The smallest absolute Gasteiger partial charge is 0.141 e. The van der Waals surface area contributed by atoms with Gasteiger partial charge >= 0.3 is 0 Å². The van der Waals surface area contributed by atoms with E-state index >= 15 is 0 Å². The lowest BCUT2D eigenvalue weighted by molar-refractivity contribution is 0.628. The normalized spacial score (nSPS) is 10.6. The standard InChI is InChI=1S/C15H10ClFN2/c16-13-9-11(5-6-14(13)17)19-15-12-4-2-1-3-10(12)7-8-18-15/h1-9H,(H,18,19). The Hall–Kier alpha value is -2.13. The summed E-state index contributed by atoms with van der Waals surface area (Å²) in [5.74, 6) is 0.291. The Morgan fingerprint density at radius 3 is 2.74 bits per heavy atom. The Labute approximate surface area is 114 Å². The van der Waals surface area contributed by atoms with Crippen molar-refractivity contribution in [2.24, 2.45) is 0 Å². The van der Waals surface area contributed by atoms with Crippen molar-refractivity contribution < 1.29 is 4.39 Å². The molecule has 1 N–H and O–H groups in total.